The summed E-state index contributed by atoms with van der Waals surface area (Å²) in [6.07, 6.45) is 16.0. The summed E-state index contributed by atoms with van der Waals surface area (Å²) in [5.74, 6) is 1.06. The fourth-order valence-corrected chi connectivity index (χ4v) is 13.7. The van der Waals surface area contributed by atoms with Gasteiger partial charge in [0.2, 0.25) is 0 Å². The van der Waals surface area contributed by atoms with Crippen LogP contribution in [0.15, 0.2) is 54.6 Å². The molecule has 0 fully saturated rings. The van der Waals surface area contributed by atoms with E-state index in [1.165, 1.54) is 90.4 Å². The van der Waals surface area contributed by atoms with Gasteiger partial charge in [-0.15, -0.1) is 0 Å². The van der Waals surface area contributed by atoms with E-state index >= 15 is 0 Å². The zero-order valence-electron chi connectivity index (χ0n) is 34.4. The van der Waals surface area contributed by atoms with Gasteiger partial charge in [0.15, 0.2) is 0 Å². The third kappa shape index (κ3) is 13.3. The predicted octanol–water partition coefficient (Wildman–Crippen LogP) is 12.8. The summed E-state index contributed by atoms with van der Waals surface area (Å²) in [7, 11) is 1.91. The summed E-state index contributed by atoms with van der Waals surface area (Å²) in [6.45, 7) is 22.9. The van der Waals surface area contributed by atoms with Crippen molar-refractivity contribution in [1.82, 2.24) is 0 Å². The van der Waals surface area contributed by atoms with E-state index < -0.39 is 0 Å². The summed E-state index contributed by atoms with van der Waals surface area (Å²) in [5.41, 5.74) is 4.31. The van der Waals surface area contributed by atoms with Crippen LogP contribution in [0.2, 0.25) is 0 Å². The van der Waals surface area contributed by atoms with Gasteiger partial charge in [-0.2, -0.15) is 0 Å². The first-order valence-electron chi connectivity index (χ1n) is 20.4. The largest absolute Gasteiger partial charge is 0.508 e. The zero-order valence-corrected chi connectivity index (χ0v) is 37.4. The second kappa shape index (κ2) is 20.9. The maximum Gasteiger partial charge on any atom is 0.115 e. The Morgan fingerprint density at radius 2 is 0.827 bits per heavy atom. The quantitative estimate of drug-likeness (QED) is 0.0665. The number of benzene rings is 3. The van der Waals surface area contributed by atoms with Crippen molar-refractivity contribution >= 4 is 41.7 Å². The van der Waals surface area contributed by atoms with Crippen molar-refractivity contribution in [1.29, 1.82) is 0 Å². The molecule has 0 aliphatic rings. The maximum atomic E-state index is 10.7. The van der Waals surface area contributed by atoms with Gasteiger partial charge in [-0.3, -0.25) is 0 Å². The summed E-state index contributed by atoms with van der Waals surface area (Å²) in [4.78, 5) is 0. The maximum absolute atomic E-state index is 10.7. The average molecular weight is 767 g/mol. The molecule has 52 heavy (non-hydrogen) atoms. The Labute approximate surface area is 324 Å². The van der Waals surface area contributed by atoms with E-state index in [2.05, 4.69) is 87.4 Å². The van der Waals surface area contributed by atoms with Gasteiger partial charge < -0.3 is 15.3 Å². The van der Waals surface area contributed by atoms with Gasteiger partial charge in [0.1, 0.15) is 17.2 Å². The molecule has 0 bridgehead atoms. The van der Waals surface area contributed by atoms with Gasteiger partial charge in [0.05, 0.1) is 0 Å². The van der Waals surface area contributed by atoms with Gasteiger partial charge in [-0.05, 0) is 123 Å². The normalized spacial score (nSPS) is 14.4. The number of phenols is 3. The molecule has 3 aromatic carbocycles. The van der Waals surface area contributed by atoms with Crippen LogP contribution in [0.1, 0.15) is 169 Å². The molecule has 0 saturated heterocycles. The lowest BCUT2D eigenvalue weighted by atomic mass is 9.82. The lowest BCUT2D eigenvalue weighted by Crippen LogP contribution is -2.27. The molecule has 0 heterocycles. The highest BCUT2D eigenvalue weighted by Crippen LogP contribution is 2.46. The fraction of sp³-hybridized carbons (Fsp3) is 0.609. The van der Waals surface area contributed by atoms with E-state index in [1.807, 2.05) is 36.4 Å². The number of aromatic hydroxyl groups is 3. The van der Waals surface area contributed by atoms with Crippen LogP contribution in [-0.4, -0.2) is 26.4 Å². The fourth-order valence-electron chi connectivity index (χ4n) is 7.03. The second-order valence-corrected chi connectivity index (χ2v) is 22.4. The molecular weight excluding hydrogens is 693 g/mol. The van der Waals surface area contributed by atoms with E-state index in [9.17, 15) is 15.3 Å². The molecule has 290 valence electrons. The molecule has 0 radical (unpaired) electrons. The van der Waals surface area contributed by atoms with Crippen LogP contribution in [0.25, 0.3) is 0 Å². The van der Waals surface area contributed by atoms with Gasteiger partial charge >= 0.3 is 0 Å². The minimum absolute atomic E-state index is 0.00757. The van der Waals surface area contributed by atoms with Crippen molar-refractivity contribution in [2.75, 3.05) is 0 Å². The molecule has 3 nitrogen and oxygen atoms in total. The lowest BCUT2D eigenvalue weighted by Gasteiger charge is -2.32. The molecule has 3 N–H and O–H groups in total. The highest BCUT2D eigenvalue weighted by atomic mass is 31.1. The average Bonchev–Trinajstić information content (AvgIpc) is 3.11. The Hall–Kier alpha value is -1.65. The van der Waals surface area contributed by atoms with Crippen LogP contribution >= 0.6 is 25.7 Å². The Balaban J connectivity index is 2.07. The SMILES string of the molecule is CCCCCCCCCCC(CC(Pc1ccc(O)cc1C(C)(C)CC)Pc1ccc(O)cc1C(C)(C)CC)Pc1ccc(O)cc1C(C)(C)CC. The monoisotopic (exact) mass is 766 g/mol. The minimum atomic E-state index is -0.0341. The Bertz CT molecular complexity index is 1460. The van der Waals surface area contributed by atoms with Crippen molar-refractivity contribution in [3.05, 3.63) is 71.3 Å². The molecule has 3 rings (SSSR count). The van der Waals surface area contributed by atoms with Crippen LogP contribution in [-0.2, 0) is 16.2 Å². The van der Waals surface area contributed by atoms with Crippen molar-refractivity contribution in [2.45, 2.75) is 180 Å². The molecule has 0 aliphatic heterocycles. The van der Waals surface area contributed by atoms with Crippen LogP contribution in [0.5, 0.6) is 17.2 Å². The topological polar surface area (TPSA) is 60.7 Å². The molecule has 4 atom stereocenters. The highest BCUT2D eigenvalue weighted by molar-refractivity contribution is 7.65. The Morgan fingerprint density at radius 3 is 1.19 bits per heavy atom. The van der Waals surface area contributed by atoms with E-state index in [0.717, 1.165) is 25.7 Å². The summed E-state index contributed by atoms with van der Waals surface area (Å²) in [5, 5.41) is 36.5. The third-order valence-corrected chi connectivity index (χ3v) is 17.0. The first-order valence-corrected chi connectivity index (χ1v) is 23.6. The van der Waals surface area contributed by atoms with Crippen LogP contribution < -0.4 is 15.9 Å². The van der Waals surface area contributed by atoms with Gasteiger partial charge in [-0.1, -0.05) is 165 Å². The molecule has 0 saturated carbocycles. The number of phenolic OH excluding ortho intramolecular Hbond substituents is 3. The molecule has 6 heteroatoms. The smallest absolute Gasteiger partial charge is 0.115 e. The molecule has 0 amide bonds. The van der Waals surface area contributed by atoms with Crippen molar-refractivity contribution in [3.63, 3.8) is 0 Å². The highest BCUT2D eigenvalue weighted by Gasteiger charge is 2.29. The van der Waals surface area contributed by atoms with Crippen LogP contribution in [0, 0.1) is 0 Å². The number of unbranched alkanes of at least 4 members (excludes halogenated alkanes) is 7. The van der Waals surface area contributed by atoms with Gasteiger partial charge in [0, 0.05) is 5.40 Å². The summed E-state index contributed by atoms with van der Waals surface area (Å²) >= 11 is 0. The van der Waals surface area contributed by atoms with E-state index in [0.29, 0.717) is 54.0 Å². The number of rotatable bonds is 23. The van der Waals surface area contributed by atoms with Crippen molar-refractivity contribution in [3.8, 4) is 17.2 Å². The molecule has 4 unspecified atom stereocenters. The van der Waals surface area contributed by atoms with Crippen LogP contribution in [0.4, 0.5) is 0 Å². The van der Waals surface area contributed by atoms with E-state index in [1.54, 1.807) is 0 Å². The molecule has 0 aliphatic carbocycles. The summed E-state index contributed by atoms with van der Waals surface area (Å²) in [6, 6.07) is 18.4. The minimum Gasteiger partial charge on any atom is -0.508 e. The first-order chi connectivity index (χ1) is 24.6. The van der Waals surface area contributed by atoms with E-state index in [4.69, 9.17) is 0 Å². The first kappa shape index (κ1) is 44.7. The molecule has 0 aromatic heterocycles. The number of hydrogen-bond acceptors (Lipinski definition) is 3. The Kier molecular flexibility index (Phi) is 18.0. The van der Waals surface area contributed by atoms with Crippen molar-refractivity contribution in [2.24, 2.45) is 0 Å². The van der Waals surface area contributed by atoms with Crippen molar-refractivity contribution < 1.29 is 15.3 Å². The summed E-state index contributed by atoms with van der Waals surface area (Å²) < 4.78 is 0. The lowest BCUT2D eigenvalue weighted by molar-refractivity contribution is 0.465. The number of hydrogen-bond donors (Lipinski definition) is 3. The second-order valence-electron chi connectivity index (χ2n) is 17.1. The van der Waals surface area contributed by atoms with E-state index in [-0.39, 0.29) is 16.2 Å². The van der Waals surface area contributed by atoms with Gasteiger partial charge in [0.25, 0.3) is 0 Å². The predicted molar refractivity (Wildman–Crippen MR) is 238 cm³/mol. The Morgan fingerprint density at radius 1 is 0.481 bits per heavy atom. The molecule has 3 aromatic rings. The third-order valence-electron chi connectivity index (χ3n) is 11.8. The molecule has 0 spiro atoms. The van der Waals surface area contributed by atoms with Crippen LogP contribution in [0.3, 0.4) is 0 Å². The van der Waals surface area contributed by atoms with Gasteiger partial charge in [-0.25, -0.2) is 0 Å². The molecular formula is C46H73O3P3. The standard InChI is InChI=1S/C46H73O3P3/c1-11-15-16-17-18-19-20-21-22-36(50-40-26-23-33(47)29-37(40)44(5,6)12-2)32-43(51-41-27-24-34(48)30-38(41)45(7,8)13-3)52-42-28-25-35(49)31-39(42)46(9,10)14-4/h23-31,36,43,47-52H,11-22,32H2,1-10H3. The zero-order chi connectivity index (χ0) is 38.5.